The van der Waals surface area contributed by atoms with Crippen LogP contribution in [-0.4, -0.2) is 18.4 Å². The van der Waals surface area contributed by atoms with Crippen molar-refractivity contribution in [1.29, 1.82) is 0 Å². The normalized spacial score (nSPS) is 15.2. The van der Waals surface area contributed by atoms with Gasteiger partial charge in [-0.2, -0.15) is 0 Å². The van der Waals surface area contributed by atoms with Crippen molar-refractivity contribution in [3.05, 3.63) is 29.3 Å². The molecule has 0 aliphatic heterocycles. The summed E-state index contributed by atoms with van der Waals surface area (Å²) in [5.41, 5.74) is 7.04. The van der Waals surface area contributed by atoms with Gasteiger partial charge in [0.05, 0.1) is 0 Å². The molecule has 0 unspecified atom stereocenters. The van der Waals surface area contributed by atoms with Crippen LogP contribution in [0, 0.1) is 19.8 Å². The van der Waals surface area contributed by atoms with Gasteiger partial charge < -0.3 is 4.74 Å². The molecule has 1 aromatic carbocycles. The molecule has 1 aliphatic rings. The molecular formula is C17H24N2O3. The van der Waals surface area contributed by atoms with Crippen molar-refractivity contribution in [2.75, 3.05) is 6.61 Å². The Morgan fingerprint density at radius 2 is 1.86 bits per heavy atom. The first-order valence-electron chi connectivity index (χ1n) is 7.85. The smallest absolute Gasteiger partial charge is 0.276 e. The van der Waals surface area contributed by atoms with Gasteiger partial charge in [0.1, 0.15) is 5.75 Å². The number of aryl methyl sites for hydroxylation is 2. The summed E-state index contributed by atoms with van der Waals surface area (Å²) >= 11 is 0. The van der Waals surface area contributed by atoms with E-state index in [0.29, 0.717) is 5.75 Å². The van der Waals surface area contributed by atoms with E-state index < -0.39 is 0 Å². The lowest BCUT2D eigenvalue weighted by Crippen LogP contribution is -2.46. The molecule has 2 N–H and O–H groups in total. The molecule has 1 aromatic rings. The maximum atomic E-state index is 11.9. The molecule has 5 nitrogen and oxygen atoms in total. The number of rotatable bonds is 4. The highest BCUT2D eigenvalue weighted by atomic mass is 16.5. The van der Waals surface area contributed by atoms with Crippen molar-refractivity contribution in [3.63, 3.8) is 0 Å². The van der Waals surface area contributed by atoms with Gasteiger partial charge in [-0.3, -0.25) is 20.4 Å². The third-order valence-electron chi connectivity index (χ3n) is 3.99. The quantitative estimate of drug-likeness (QED) is 0.839. The third-order valence-corrected chi connectivity index (χ3v) is 3.99. The predicted octanol–water partition coefficient (Wildman–Crippen LogP) is 2.41. The van der Waals surface area contributed by atoms with Crippen LogP contribution in [0.4, 0.5) is 0 Å². The van der Waals surface area contributed by atoms with Crippen LogP contribution >= 0.6 is 0 Å². The van der Waals surface area contributed by atoms with Crippen LogP contribution in [0.25, 0.3) is 0 Å². The molecular weight excluding hydrogens is 280 g/mol. The fraction of sp³-hybridized carbons (Fsp3) is 0.529. The topological polar surface area (TPSA) is 67.4 Å². The second-order valence-corrected chi connectivity index (χ2v) is 5.93. The van der Waals surface area contributed by atoms with Crippen LogP contribution in [0.2, 0.25) is 0 Å². The molecule has 120 valence electrons. The molecule has 1 saturated carbocycles. The number of amides is 2. The Morgan fingerprint density at radius 1 is 1.14 bits per heavy atom. The van der Waals surface area contributed by atoms with Crippen LogP contribution in [0.5, 0.6) is 5.75 Å². The Bertz CT molecular complexity index is 537. The van der Waals surface area contributed by atoms with E-state index >= 15 is 0 Å². The molecule has 1 aliphatic carbocycles. The predicted molar refractivity (Wildman–Crippen MR) is 84.3 cm³/mol. The standard InChI is InChI=1S/C17H24N2O3/c1-12-8-9-15(13(2)10-12)22-11-16(20)18-19-17(21)14-6-4-3-5-7-14/h8-10,14H,3-7,11H2,1-2H3,(H,18,20)(H,19,21). The van der Waals surface area contributed by atoms with Crippen molar-refractivity contribution >= 4 is 11.8 Å². The van der Waals surface area contributed by atoms with Gasteiger partial charge in [-0.05, 0) is 38.3 Å². The number of nitrogens with one attached hydrogen (secondary N) is 2. The largest absolute Gasteiger partial charge is 0.483 e. The van der Waals surface area contributed by atoms with E-state index in [0.717, 1.165) is 36.8 Å². The molecule has 2 amide bonds. The van der Waals surface area contributed by atoms with Gasteiger partial charge in [0.2, 0.25) is 5.91 Å². The van der Waals surface area contributed by atoms with E-state index in [2.05, 4.69) is 10.9 Å². The van der Waals surface area contributed by atoms with Crippen LogP contribution in [0.1, 0.15) is 43.2 Å². The molecule has 0 spiro atoms. The summed E-state index contributed by atoms with van der Waals surface area (Å²) in [5.74, 6) is 0.248. The molecule has 0 radical (unpaired) electrons. The van der Waals surface area contributed by atoms with E-state index in [4.69, 9.17) is 4.74 Å². The minimum absolute atomic E-state index is 0.0225. The van der Waals surface area contributed by atoms with Crippen molar-refractivity contribution in [2.45, 2.75) is 46.0 Å². The minimum atomic E-state index is -0.357. The Hall–Kier alpha value is -2.04. The van der Waals surface area contributed by atoms with Gasteiger partial charge in [0, 0.05) is 5.92 Å². The third kappa shape index (κ3) is 4.76. The number of hydrogen-bond acceptors (Lipinski definition) is 3. The van der Waals surface area contributed by atoms with E-state index in [1.165, 1.54) is 6.42 Å². The lowest BCUT2D eigenvalue weighted by Gasteiger charge is -2.20. The van der Waals surface area contributed by atoms with Gasteiger partial charge in [-0.15, -0.1) is 0 Å². The molecule has 0 saturated heterocycles. The molecule has 0 bridgehead atoms. The first kappa shape index (κ1) is 16.3. The average molecular weight is 304 g/mol. The first-order valence-corrected chi connectivity index (χ1v) is 7.85. The fourth-order valence-electron chi connectivity index (χ4n) is 2.74. The number of carbonyl (C=O) groups excluding carboxylic acids is 2. The minimum Gasteiger partial charge on any atom is -0.483 e. The van der Waals surface area contributed by atoms with Crippen LogP contribution < -0.4 is 15.6 Å². The van der Waals surface area contributed by atoms with Gasteiger partial charge in [0.25, 0.3) is 5.91 Å². The fourth-order valence-corrected chi connectivity index (χ4v) is 2.74. The van der Waals surface area contributed by atoms with Gasteiger partial charge in [-0.25, -0.2) is 0 Å². The second kappa shape index (κ2) is 7.82. The maximum absolute atomic E-state index is 11.9. The summed E-state index contributed by atoms with van der Waals surface area (Å²) in [7, 11) is 0. The second-order valence-electron chi connectivity index (χ2n) is 5.93. The summed E-state index contributed by atoms with van der Waals surface area (Å²) in [6.07, 6.45) is 5.17. The number of benzene rings is 1. The summed E-state index contributed by atoms with van der Waals surface area (Å²) in [4.78, 5) is 23.6. The number of carbonyl (C=O) groups is 2. The van der Waals surface area contributed by atoms with Crippen molar-refractivity contribution in [2.24, 2.45) is 5.92 Å². The number of ether oxygens (including phenoxy) is 1. The zero-order valence-electron chi connectivity index (χ0n) is 13.3. The lowest BCUT2D eigenvalue weighted by atomic mass is 9.89. The van der Waals surface area contributed by atoms with Gasteiger partial charge in [-0.1, -0.05) is 37.0 Å². The summed E-state index contributed by atoms with van der Waals surface area (Å²) in [5, 5.41) is 0. The monoisotopic (exact) mass is 304 g/mol. The number of hydrogen-bond donors (Lipinski definition) is 2. The molecule has 0 atom stereocenters. The molecule has 0 heterocycles. The first-order chi connectivity index (χ1) is 10.6. The summed E-state index contributed by atoms with van der Waals surface area (Å²) in [6.45, 7) is 3.82. The number of hydrazine groups is 1. The molecule has 0 aromatic heterocycles. The molecule has 1 fully saturated rings. The highest BCUT2D eigenvalue weighted by Crippen LogP contribution is 2.23. The highest BCUT2D eigenvalue weighted by molar-refractivity contribution is 5.84. The van der Waals surface area contributed by atoms with Gasteiger partial charge in [0.15, 0.2) is 6.61 Å². The zero-order chi connectivity index (χ0) is 15.9. The molecule has 2 rings (SSSR count). The van der Waals surface area contributed by atoms with E-state index in [-0.39, 0.29) is 24.3 Å². The lowest BCUT2D eigenvalue weighted by molar-refractivity contribution is -0.132. The van der Waals surface area contributed by atoms with E-state index in [9.17, 15) is 9.59 Å². The van der Waals surface area contributed by atoms with Crippen LogP contribution in [-0.2, 0) is 9.59 Å². The SMILES string of the molecule is Cc1ccc(OCC(=O)NNC(=O)C2CCCCC2)c(C)c1. The maximum Gasteiger partial charge on any atom is 0.276 e. The van der Waals surface area contributed by atoms with Crippen molar-refractivity contribution < 1.29 is 14.3 Å². The van der Waals surface area contributed by atoms with E-state index in [1.54, 1.807) is 0 Å². The Kier molecular flexibility index (Phi) is 5.81. The van der Waals surface area contributed by atoms with Crippen molar-refractivity contribution in [1.82, 2.24) is 10.9 Å². The van der Waals surface area contributed by atoms with Crippen LogP contribution in [0.15, 0.2) is 18.2 Å². The van der Waals surface area contributed by atoms with E-state index in [1.807, 2.05) is 32.0 Å². The molecule has 5 heteroatoms. The Balaban J connectivity index is 1.72. The van der Waals surface area contributed by atoms with Gasteiger partial charge >= 0.3 is 0 Å². The summed E-state index contributed by atoms with van der Waals surface area (Å²) in [6, 6.07) is 5.78. The zero-order valence-corrected chi connectivity index (χ0v) is 13.3. The Morgan fingerprint density at radius 3 is 2.55 bits per heavy atom. The summed E-state index contributed by atoms with van der Waals surface area (Å²) < 4.78 is 5.47. The molecule has 22 heavy (non-hydrogen) atoms. The Labute approximate surface area is 131 Å². The van der Waals surface area contributed by atoms with Crippen molar-refractivity contribution in [3.8, 4) is 5.75 Å². The average Bonchev–Trinajstić information content (AvgIpc) is 2.52. The highest BCUT2D eigenvalue weighted by Gasteiger charge is 2.21. The van der Waals surface area contributed by atoms with Crippen LogP contribution in [0.3, 0.4) is 0 Å².